The fraction of sp³-hybridized carbons (Fsp3) is 0.939. The van der Waals surface area contributed by atoms with Crippen molar-refractivity contribution in [1.82, 2.24) is 0 Å². The van der Waals surface area contributed by atoms with Crippen LogP contribution in [-0.2, 0) is 56.9 Å². The molecule has 0 radical (unpaired) electrons. The number of cyclic esters (lactones) is 1. The van der Waals surface area contributed by atoms with Crippen LogP contribution < -0.4 is 0 Å². The summed E-state index contributed by atoms with van der Waals surface area (Å²) < 4.78 is 66.5. The highest BCUT2D eigenvalue weighted by atomic mass is 16.8. The molecule has 20 heteroatoms. The molecule has 8 N–H and O–H groups in total. The molecule has 9 rings (SSSR count). The molecule has 0 amide bonds. The van der Waals surface area contributed by atoms with Crippen LogP contribution in [0, 0.1) is 34.5 Å². The lowest BCUT2D eigenvalue weighted by molar-refractivity contribution is -0.360. The Morgan fingerprint density at radius 3 is 1.93 bits per heavy atom. The third-order valence-corrected chi connectivity index (χ3v) is 18.7. The van der Waals surface area contributed by atoms with Gasteiger partial charge in [-0.3, -0.25) is 0 Å². The van der Waals surface area contributed by atoms with E-state index in [0.717, 1.165) is 63.4 Å². The molecule has 8 fully saturated rings. The molecule has 4 saturated heterocycles. The van der Waals surface area contributed by atoms with Gasteiger partial charge in [0.25, 0.3) is 0 Å². The second kappa shape index (κ2) is 20.7. The Bertz CT molecular complexity index is 1810. The molecule has 26 atom stereocenters. The van der Waals surface area contributed by atoms with Gasteiger partial charge in [0.2, 0.25) is 0 Å². The number of ether oxygens (including phenoxy) is 11. The SMILES string of the molecule is COC1CC(OC2CCC3(C)C(CCC4C3CCC3(C)C(C5=CC(=O)OC5)CCC43O)C2)OC(C)C1OC1CC(OC)C(OC2OC(COC3OC(CO)C(O)C(O)C3O)C(O)C(O)C2O)C(C)O1. The van der Waals surface area contributed by atoms with E-state index in [1.165, 1.54) is 7.11 Å². The summed E-state index contributed by atoms with van der Waals surface area (Å²) in [6, 6.07) is 0. The predicted molar refractivity (Wildman–Crippen MR) is 236 cm³/mol. The number of hydrogen-bond acceptors (Lipinski definition) is 20. The first kappa shape index (κ1) is 52.4. The van der Waals surface area contributed by atoms with Crippen molar-refractivity contribution in [2.24, 2.45) is 34.5 Å². The Hall–Kier alpha value is -1.51. The molecular weight excluding hydrogens is 909 g/mol. The zero-order valence-electron chi connectivity index (χ0n) is 40.7. The highest BCUT2D eigenvalue weighted by Crippen LogP contribution is 2.70. The van der Waals surface area contributed by atoms with Crippen LogP contribution in [-0.4, -0.2) is 203 Å². The minimum absolute atomic E-state index is 0.0228. The number of esters is 1. The Balaban J connectivity index is 0.764. The summed E-state index contributed by atoms with van der Waals surface area (Å²) in [6.45, 7) is 7.58. The predicted octanol–water partition coefficient (Wildman–Crippen LogP) is 0.323. The number of hydrogen-bond donors (Lipinski definition) is 8. The lowest BCUT2D eigenvalue weighted by Crippen LogP contribution is -2.63. The molecule has 4 saturated carbocycles. The van der Waals surface area contributed by atoms with Gasteiger partial charge in [0, 0.05) is 38.6 Å². The number of carbonyl (C=O) groups is 1. The van der Waals surface area contributed by atoms with Gasteiger partial charge in [-0.1, -0.05) is 13.8 Å². The van der Waals surface area contributed by atoms with E-state index in [2.05, 4.69) is 13.8 Å². The summed E-state index contributed by atoms with van der Waals surface area (Å²) in [6.07, 6.45) is -9.46. The van der Waals surface area contributed by atoms with Crippen LogP contribution in [0.5, 0.6) is 0 Å². The Labute approximate surface area is 403 Å². The van der Waals surface area contributed by atoms with Gasteiger partial charge in [0.1, 0.15) is 67.6 Å². The van der Waals surface area contributed by atoms with Crippen LogP contribution in [0.4, 0.5) is 0 Å². The molecule has 0 bridgehead atoms. The lowest BCUT2D eigenvalue weighted by atomic mass is 9.43. The molecule has 0 aromatic carbocycles. The average molecular weight is 987 g/mol. The molecule has 0 aromatic rings. The van der Waals surface area contributed by atoms with Gasteiger partial charge in [0.15, 0.2) is 25.2 Å². The van der Waals surface area contributed by atoms with Gasteiger partial charge in [0.05, 0.1) is 49.3 Å². The fourth-order valence-electron chi connectivity index (χ4n) is 14.6. The Kier molecular flexibility index (Phi) is 15.7. The van der Waals surface area contributed by atoms with E-state index in [4.69, 9.17) is 52.1 Å². The number of carbonyl (C=O) groups excluding carboxylic acids is 1. The fourth-order valence-corrected chi connectivity index (χ4v) is 14.6. The van der Waals surface area contributed by atoms with Crippen molar-refractivity contribution in [2.45, 2.75) is 221 Å². The topological polar surface area (TPSA) is 280 Å². The van der Waals surface area contributed by atoms with E-state index < -0.39 is 123 Å². The standard InChI is InChI=1S/C49H78O20/c1-22-43(68-36-18-31(60-6)44(23(2)64-36)69-46-42(57)40(55)38(53)33(67-46)21-62-45-41(56)39(54)37(52)32(19-50)66-45)30(59-5)17-35(63-22)65-26-9-12-47(3)25(16-26)7-8-29-28(47)10-13-48(4)27(11-14-49(29,48)58)24-15-34(51)61-20-24/h15,22-23,25-33,35-46,50,52-58H,7-14,16-21H2,1-6H3. The van der Waals surface area contributed by atoms with Crippen LogP contribution in [0.25, 0.3) is 0 Å². The summed E-state index contributed by atoms with van der Waals surface area (Å²) in [5, 5.41) is 85.3. The van der Waals surface area contributed by atoms with Crippen molar-refractivity contribution >= 4 is 5.97 Å². The summed E-state index contributed by atoms with van der Waals surface area (Å²) >= 11 is 0. The zero-order valence-corrected chi connectivity index (χ0v) is 40.7. The normalized spacial score (nSPS) is 53.4. The van der Waals surface area contributed by atoms with E-state index in [1.54, 1.807) is 20.1 Å². The molecule has 69 heavy (non-hydrogen) atoms. The van der Waals surface area contributed by atoms with Crippen molar-refractivity contribution in [2.75, 3.05) is 34.0 Å². The molecule has 0 spiro atoms. The average Bonchev–Trinajstić information content (AvgIpc) is 3.88. The van der Waals surface area contributed by atoms with Crippen LogP contribution in [0.2, 0.25) is 0 Å². The number of rotatable bonds is 13. The Morgan fingerprint density at radius 2 is 1.29 bits per heavy atom. The first-order valence-corrected chi connectivity index (χ1v) is 25.4. The van der Waals surface area contributed by atoms with Crippen molar-refractivity contribution in [3.8, 4) is 0 Å². The van der Waals surface area contributed by atoms with Gasteiger partial charge < -0.3 is 93.0 Å². The molecular formula is C49H78O20. The third-order valence-electron chi connectivity index (χ3n) is 18.7. The molecule has 5 aliphatic heterocycles. The first-order chi connectivity index (χ1) is 32.8. The maximum absolute atomic E-state index is 12.7. The van der Waals surface area contributed by atoms with Crippen molar-refractivity contribution in [3.05, 3.63) is 11.6 Å². The second-order valence-electron chi connectivity index (χ2n) is 22.1. The number of aliphatic hydroxyl groups excluding tert-OH is 7. The quantitative estimate of drug-likeness (QED) is 0.0912. The van der Waals surface area contributed by atoms with Crippen LogP contribution in [0.15, 0.2) is 11.6 Å². The van der Waals surface area contributed by atoms with E-state index in [-0.39, 0.29) is 47.3 Å². The number of fused-ring (bicyclic) bond motifs is 5. The summed E-state index contributed by atoms with van der Waals surface area (Å²) in [4.78, 5) is 12.0. The summed E-state index contributed by atoms with van der Waals surface area (Å²) in [5.74, 6) is 1.04. The van der Waals surface area contributed by atoms with Gasteiger partial charge >= 0.3 is 5.97 Å². The third kappa shape index (κ3) is 9.51. The van der Waals surface area contributed by atoms with Crippen molar-refractivity contribution in [1.29, 1.82) is 0 Å². The zero-order chi connectivity index (χ0) is 49.3. The van der Waals surface area contributed by atoms with E-state index in [9.17, 15) is 45.6 Å². The highest BCUT2D eigenvalue weighted by molar-refractivity contribution is 5.85. The molecule has 20 nitrogen and oxygen atoms in total. The lowest BCUT2D eigenvalue weighted by Gasteiger charge is -2.64. The largest absolute Gasteiger partial charge is 0.458 e. The second-order valence-corrected chi connectivity index (χ2v) is 22.1. The Morgan fingerprint density at radius 1 is 0.667 bits per heavy atom. The molecule has 394 valence electrons. The van der Waals surface area contributed by atoms with E-state index in [1.807, 2.05) is 6.92 Å². The maximum atomic E-state index is 12.7. The van der Waals surface area contributed by atoms with E-state index >= 15 is 0 Å². The minimum Gasteiger partial charge on any atom is -0.458 e. The summed E-state index contributed by atoms with van der Waals surface area (Å²) in [7, 11) is 3.15. The number of methoxy groups -OCH3 is 2. The number of aliphatic hydroxyl groups is 8. The monoisotopic (exact) mass is 987 g/mol. The molecule has 9 aliphatic rings. The highest BCUT2D eigenvalue weighted by Gasteiger charge is 2.68. The maximum Gasteiger partial charge on any atom is 0.331 e. The van der Waals surface area contributed by atoms with Crippen molar-refractivity contribution in [3.63, 3.8) is 0 Å². The molecule has 5 heterocycles. The minimum atomic E-state index is -1.73. The van der Waals surface area contributed by atoms with Crippen molar-refractivity contribution < 1.29 is 97.8 Å². The smallest absolute Gasteiger partial charge is 0.331 e. The van der Waals surface area contributed by atoms with Gasteiger partial charge in [-0.15, -0.1) is 0 Å². The van der Waals surface area contributed by atoms with Gasteiger partial charge in [-0.05, 0) is 106 Å². The molecule has 26 unspecified atom stereocenters. The van der Waals surface area contributed by atoms with Crippen LogP contribution >= 0.6 is 0 Å². The van der Waals surface area contributed by atoms with Gasteiger partial charge in [-0.25, -0.2) is 4.79 Å². The first-order valence-electron chi connectivity index (χ1n) is 25.4. The van der Waals surface area contributed by atoms with Gasteiger partial charge in [-0.2, -0.15) is 0 Å². The summed E-state index contributed by atoms with van der Waals surface area (Å²) in [5.41, 5.74) is 0.130. The molecule has 0 aromatic heterocycles. The molecule has 4 aliphatic carbocycles. The van der Waals surface area contributed by atoms with Crippen LogP contribution in [0.3, 0.4) is 0 Å². The van der Waals surface area contributed by atoms with Crippen LogP contribution in [0.1, 0.15) is 98.3 Å². The van der Waals surface area contributed by atoms with E-state index in [0.29, 0.717) is 24.9 Å².